The topological polar surface area (TPSA) is 95.6 Å². The zero-order chi connectivity index (χ0) is 21.1. The van der Waals surface area contributed by atoms with Gasteiger partial charge in [-0.25, -0.2) is 8.42 Å². The van der Waals surface area contributed by atoms with Crippen LogP contribution in [0.5, 0.6) is 0 Å². The number of piperidine rings is 1. The van der Waals surface area contributed by atoms with Gasteiger partial charge in [0.25, 0.3) is 0 Å². The van der Waals surface area contributed by atoms with Crippen LogP contribution < -0.4 is 10.0 Å². The minimum atomic E-state index is -4.39. The number of nitrogens with zero attached hydrogens (tertiary/aromatic N) is 1. The minimum absolute atomic E-state index is 0.0476. The molecule has 0 unspecified atom stereocenters. The van der Waals surface area contributed by atoms with E-state index in [4.69, 9.17) is 0 Å². The summed E-state index contributed by atoms with van der Waals surface area (Å²) in [6.07, 6.45) is -4.23. The third-order valence-electron chi connectivity index (χ3n) is 4.38. The second-order valence-corrected chi connectivity index (χ2v) is 8.43. The van der Waals surface area contributed by atoms with Crippen molar-refractivity contribution in [1.82, 2.24) is 9.62 Å². The second kappa shape index (κ2) is 8.48. The second-order valence-electron chi connectivity index (χ2n) is 6.71. The summed E-state index contributed by atoms with van der Waals surface area (Å²) >= 11 is 0. The highest BCUT2D eigenvalue weighted by Gasteiger charge is 2.43. The zero-order valence-corrected chi connectivity index (χ0v) is 16.2. The fourth-order valence-electron chi connectivity index (χ4n) is 2.99. The lowest BCUT2D eigenvalue weighted by molar-refractivity contribution is -0.188. The summed E-state index contributed by atoms with van der Waals surface area (Å²) in [6.45, 7) is 2.29. The zero-order valence-electron chi connectivity index (χ0n) is 15.4. The monoisotopic (exact) mass is 421 g/mol. The highest BCUT2D eigenvalue weighted by Crippen LogP contribution is 2.33. The molecule has 1 aliphatic rings. The Morgan fingerprint density at radius 3 is 2.36 bits per heavy atom. The van der Waals surface area contributed by atoms with Gasteiger partial charge in [0.15, 0.2) is 0 Å². The number of hydrogen-bond acceptors (Lipinski definition) is 4. The molecule has 1 aromatic rings. The van der Waals surface area contributed by atoms with Gasteiger partial charge in [-0.3, -0.25) is 9.59 Å². The molecule has 0 radical (unpaired) electrons. The first-order chi connectivity index (χ1) is 12.9. The molecule has 0 spiro atoms. The molecule has 0 saturated carbocycles. The summed E-state index contributed by atoms with van der Waals surface area (Å²) in [5.74, 6) is -2.62. The number of halogens is 3. The fraction of sp³-hybridized carbons (Fsp3) is 0.529. The highest BCUT2D eigenvalue weighted by molar-refractivity contribution is 7.89. The Balaban J connectivity index is 2.04. The lowest BCUT2D eigenvalue weighted by atomic mass is 9.97. The number of sulfonamides is 1. The van der Waals surface area contributed by atoms with Crippen LogP contribution in [0.3, 0.4) is 0 Å². The van der Waals surface area contributed by atoms with Crippen LogP contribution in [-0.2, 0) is 19.6 Å². The van der Waals surface area contributed by atoms with Crippen LogP contribution in [0.2, 0.25) is 0 Å². The molecule has 2 rings (SSSR count). The third kappa shape index (κ3) is 5.68. The molecule has 1 aliphatic heterocycles. The molecule has 2 N–H and O–H groups in total. The Hall–Kier alpha value is -2.14. The molecule has 2 amide bonds. The maximum Gasteiger partial charge on any atom is 0.393 e. The van der Waals surface area contributed by atoms with Crippen LogP contribution in [0.1, 0.15) is 26.7 Å². The summed E-state index contributed by atoms with van der Waals surface area (Å²) in [4.78, 5) is 24.4. The number of benzene rings is 1. The first-order valence-corrected chi connectivity index (χ1v) is 10.1. The van der Waals surface area contributed by atoms with E-state index < -0.39 is 40.6 Å². The van der Waals surface area contributed by atoms with E-state index in [1.165, 1.54) is 38.1 Å². The average molecular weight is 421 g/mol. The smallest absolute Gasteiger partial charge is 0.341 e. The quantitative estimate of drug-likeness (QED) is 0.761. The molecule has 1 aromatic carbocycles. The van der Waals surface area contributed by atoms with Gasteiger partial charge in [0, 0.05) is 25.7 Å². The largest absolute Gasteiger partial charge is 0.393 e. The molecule has 7 nitrogen and oxygen atoms in total. The van der Waals surface area contributed by atoms with Crippen molar-refractivity contribution in [3.05, 3.63) is 24.3 Å². The van der Waals surface area contributed by atoms with Crippen molar-refractivity contribution in [3.8, 4) is 0 Å². The standard InChI is InChI=1S/C17H22F3N3O4S/c1-11(16(25)23-9-3-4-13(10-23)17(18,19)20)22-28(26,27)15-7-5-14(6-8-15)21-12(2)24/h5-8,11,13,22H,3-4,9-10H2,1-2H3,(H,21,24)/t11-,13-/m1/s1. The Bertz CT molecular complexity index is 825. The van der Waals surface area contributed by atoms with Gasteiger partial charge in [0.2, 0.25) is 21.8 Å². The number of alkyl halides is 3. The summed E-state index contributed by atoms with van der Waals surface area (Å²) < 4.78 is 65.8. The van der Waals surface area contributed by atoms with Crippen molar-refractivity contribution >= 4 is 27.5 Å². The Morgan fingerprint density at radius 1 is 1.21 bits per heavy atom. The number of nitrogens with one attached hydrogen (secondary N) is 2. The van der Waals surface area contributed by atoms with Crippen LogP contribution in [-0.4, -0.2) is 50.4 Å². The molecule has 0 bridgehead atoms. The Labute approximate surface area is 161 Å². The molecule has 1 fully saturated rings. The first kappa shape index (κ1) is 22.2. The van der Waals surface area contributed by atoms with Crippen molar-refractivity contribution in [1.29, 1.82) is 0 Å². The molecular weight excluding hydrogens is 399 g/mol. The molecule has 1 saturated heterocycles. The lowest BCUT2D eigenvalue weighted by Crippen LogP contribution is -2.51. The molecule has 28 heavy (non-hydrogen) atoms. The number of carbonyl (C=O) groups excluding carboxylic acids is 2. The molecule has 11 heteroatoms. The van der Waals surface area contributed by atoms with E-state index in [0.29, 0.717) is 5.69 Å². The SMILES string of the molecule is CC(=O)Nc1ccc(S(=O)(=O)N[C@H](C)C(=O)N2CCC[C@@H](C(F)(F)F)C2)cc1. The summed E-state index contributed by atoms with van der Waals surface area (Å²) in [5, 5.41) is 2.49. The van der Waals surface area contributed by atoms with Gasteiger partial charge in [0.05, 0.1) is 16.9 Å². The summed E-state index contributed by atoms with van der Waals surface area (Å²) in [6, 6.07) is 4.07. The van der Waals surface area contributed by atoms with E-state index in [9.17, 15) is 31.2 Å². The molecule has 156 valence electrons. The Morgan fingerprint density at radius 2 is 1.82 bits per heavy atom. The van der Waals surface area contributed by atoms with Gasteiger partial charge in [0.1, 0.15) is 0 Å². The molecule has 0 aromatic heterocycles. The van der Waals surface area contributed by atoms with Crippen LogP contribution in [0.25, 0.3) is 0 Å². The van der Waals surface area contributed by atoms with Crippen molar-refractivity contribution in [2.75, 3.05) is 18.4 Å². The van der Waals surface area contributed by atoms with Gasteiger partial charge in [-0.05, 0) is 44.0 Å². The fourth-order valence-corrected chi connectivity index (χ4v) is 4.19. The average Bonchev–Trinajstić information content (AvgIpc) is 2.60. The molecular formula is C17H22F3N3O4S. The van der Waals surface area contributed by atoms with Crippen molar-refractivity contribution in [2.45, 2.75) is 43.8 Å². The number of anilines is 1. The van der Waals surface area contributed by atoms with Crippen molar-refractivity contribution in [3.63, 3.8) is 0 Å². The van der Waals surface area contributed by atoms with E-state index in [-0.39, 0.29) is 30.2 Å². The molecule has 2 atom stereocenters. The normalized spacial score (nSPS) is 19.2. The van der Waals surface area contributed by atoms with Crippen molar-refractivity contribution in [2.24, 2.45) is 5.92 Å². The lowest BCUT2D eigenvalue weighted by Gasteiger charge is -2.35. The van der Waals surface area contributed by atoms with Crippen LogP contribution in [0, 0.1) is 5.92 Å². The number of amides is 2. The maximum atomic E-state index is 12.9. The predicted octanol–water partition coefficient (Wildman–Crippen LogP) is 2.11. The van der Waals surface area contributed by atoms with Crippen LogP contribution >= 0.6 is 0 Å². The summed E-state index contributed by atoms with van der Waals surface area (Å²) in [5.41, 5.74) is 0.405. The number of carbonyl (C=O) groups is 2. The van der Waals surface area contributed by atoms with E-state index in [1.54, 1.807) is 0 Å². The van der Waals surface area contributed by atoms with E-state index in [0.717, 1.165) is 4.90 Å². The van der Waals surface area contributed by atoms with Gasteiger partial charge in [-0.2, -0.15) is 17.9 Å². The maximum absolute atomic E-state index is 12.9. The summed E-state index contributed by atoms with van der Waals surface area (Å²) in [7, 11) is -4.06. The Kier molecular flexibility index (Phi) is 6.71. The van der Waals surface area contributed by atoms with Crippen molar-refractivity contribution < 1.29 is 31.2 Å². The van der Waals surface area contributed by atoms with Gasteiger partial charge in [-0.15, -0.1) is 0 Å². The molecule has 0 aliphatic carbocycles. The number of rotatable bonds is 5. The molecule has 1 heterocycles. The highest BCUT2D eigenvalue weighted by atomic mass is 32.2. The van der Waals surface area contributed by atoms with Gasteiger partial charge < -0.3 is 10.2 Å². The van der Waals surface area contributed by atoms with E-state index in [1.807, 2.05) is 0 Å². The van der Waals surface area contributed by atoms with Crippen LogP contribution in [0.4, 0.5) is 18.9 Å². The minimum Gasteiger partial charge on any atom is -0.341 e. The first-order valence-electron chi connectivity index (χ1n) is 8.65. The van der Waals surface area contributed by atoms with E-state index >= 15 is 0 Å². The third-order valence-corrected chi connectivity index (χ3v) is 5.94. The number of hydrogen-bond donors (Lipinski definition) is 2. The predicted molar refractivity (Wildman–Crippen MR) is 95.9 cm³/mol. The van der Waals surface area contributed by atoms with E-state index in [2.05, 4.69) is 10.0 Å². The van der Waals surface area contributed by atoms with Gasteiger partial charge >= 0.3 is 6.18 Å². The van der Waals surface area contributed by atoms with Gasteiger partial charge in [-0.1, -0.05) is 0 Å². The van der Waals surface area contributed by atoms with Crippen LogP contribution in [0.15, 0.2) is 29.2 Å². The number of likely N-dealkylation sites (tertiary alicyclic amines) is 1.